The monoisotopic (exact) mass is 466 g/mol. The van der Waals surface area contributed by atoms with Crippen LogP contribution in [0.1, 0.15) is 47.4 Å². The van der Waals surface area contributed by atoms with Crippen LogP contribution in [-0.4, -0.2) is 51.6 Å². The van der Waals surface area contributed by atoms with Crippen LogP contribution in [0.5, 0.6) is 5.75 Å². The number of rotatable bonds is 3. The highest BCUT2D eigenvalue weighted by atomic mass is 16.3. The quantitative estimate of drug-likeness (QED) is 0.340. The molecule has 0 amide bonds. The summed E-state index contributed by atoms with van der Waals surface area (Å²) in [6.07, 6.45) is 6.68. The summed E-state index contributed by atoms with van der Waals surface area (Å²) in [5.74, 6) is 1.41. The van der Waals surface area contributed by atoms with Gasteiger partial charge < -0.3 is 15.1 Å². The van der Waals surface area contributed by atoms with Crippen LogP contribution in [0.25, 0.3) is 21.8 Å². The lowest BCUT2D eigenvalue weighted by atomic mass is 9.74. The average Bonchev–Trinajstić information content (AvgIpc) is 3.43. The summed E-state index contributed by atoms with van der Waals surface area (Å²) < 4.78 is 0. The highest BCUT2D eigenvalue weighted by Crippen LogP contribution is 2.47. The maximum atomic E-state index is 10.0. The highest BCUT2D eigenvalue weighted by Gasteiger charge is 2.41. The van der Waals surface area contributed by atoms with E-state index in [0.717, 1.165) is 50.8 Å². The van der Waals surface area contributed by atoms with Crippen LogP contribution in [-0.2, 0) is 12.8 Å². The van der Waals surface area contributed by atoms with E-state index in [1.54, 1.807) is 0 Å². The number of fused-ring (bicyclic) bond motifs is 8. The van der Waals surface area contributed by atoms with Crippen molar-refractivity contribution in [2.75, 3.05) is 26.7 Å². The maximum absolute atomic E-state index is 10.0. The van der Waals surface area contributed by atoms with E-state index in [0.29, 0.717) is 29.7 Å². The molecule has 0 bridgehead atoms. The number of aromatic hydroxyl groups is 1. The molecule has 35 heavy (non-hydrogen) atoms. The van der Waals surface area contributed by atoms with Gasteiger partial charge in [0, 0.05) is 58.9 Å². The van der Waals surface area contributed by atoms with E-state index in [1.807, 2.05) is 12.1 Å². The third-order valence-electron chi connectivity index (χ3n) is 9.18. The first-order valence-corrected chi connectivity index (χ1v) is 13.1. The zero-order valence-electron chi connectivity index (χ0n) is 20.4. The minimum Gasteiger partial charge on any atom is -0.508 e. The van der Waals surface area contributed by atoms with Gasteiger partial charge in [0.05, 0.1) is 12.1 Å². The Morgan fingerprint density at radius 2 is 1.77 bits per heavy atom. The van der Waals surface area contributed by atoms with Crippen molar-refractivity contribution in [2.24, 2.45) is 11.8 Å². The molecule has 2 aromatic heterocycles. The fraction of sp³-hybridized carbons (Fsp3) is 0.400. The van der Waals surface area contributed by atoms with Gasteiger partial charge in [-0.25, -0.2) is 0 Å². The normalized spacial score (nSPS) is 27.0. The van der Waals surface area contributed by atoms with E-state index in [4.69, 9.17) is 0 Å². The molecule has 4 aromatic rings. The number of aromatic nitrogens is 2. The molecule has 5 heterocycles. The van der Waals surface area contributed by atoms with Gasteiger partial charge in [-0.05, 0) is 73.9 Å². The predicted molar refractivity (Wildman–Crippen MR) is 142 cm³/mol. The van der Waals surface area contributed by atoms with Crippen LogP contribution < -0.4 is 0 Å². The summed E-state index contributed by atoms with van der Waals surface area (Å²) in [6.45, 7) is 7.55. The number of aromatic amines is 2. The Kier molecular flexibility index (Phi) is 4.87. The summed E-state index contributed by atoms with van der Waals surface area (Å²) in [7, 11) is 2.29. The van der Waals surface area contributed by atoms with Gasteiger partial charge in [0.25, 0.3) is 0 Å². The second kappa shape index (κ2) is 8.00. The van der Waals surface area contributed by atoms with Gasteiger partial charge in [0.15, 0.2) is 0 Å². The third kappa shape index (κ3) is 3.29. The van der Waals surface area contributed by atoms with Crippen molar-refractivity contribution in [2.45, 2.75) is 37.8 Å². The number of nitrogens with one attached hydrogen (secondary N) is 2. The maximum Gasteiger partial charge on any atom is 0.117 e. The SMILES string of the molecule is C=C[C@H]1CN2CCc3c([nH]c4cc(O)ccc34)[C@@H]2C[C@@H]1C[C@@H]1c2[nH]c3ccccc3c2CCN1C. The smallest absolute Gasteiger partial charge is 0.117 e. The van der Waals surface area contributed by atoms with E-state index in [9.17, 15) is 5.11 Å². The zero-order valence-corrected chi connectivity index (χ0v) is 20.4. The number of H-pyrrole nitrogens is 2. The number of hydrogen-bond acceptors (Lipinski definition) is 3. The second-order valence-electron chi connectivity index (χ2n) is 10.9. The standard InChI is InChI=1S/C30H34N4O/c1-3-18-17-34-13-11-24-22-9-8-20(35)16-26(22)32-30(24)28(34)15-19(18)14-27-29-23(10-12-33(27)2)21-6-4-5-7-25(21)31-29/h3-9,16,18-19,27-28,31-32,35H,1,10-15,17H2,2H3/t18-,19-,27+,28-/m0/s1. The third-order valence-corrected chi connectivity index (χ3v) is 9.18. The summed E-state index contributed by atoms with van der Waals surface area (Å²) in [5.41, 5.74) is 8.10. The first-order chi connectivity index (χ1) is 17.1. The van der Waals surface area contributed by atoms with Gasteiger partial charge in [-0.1, -0.05) is 24.3 Å². The number of phenolic OH excluding ortho intramolecular Hbond substituents is 1. The van der Waals surface area contributed by atoms with Crippen molar-refractivity contribution in [1.82, 2.24) is 19.8 Å². The van der Waals surface area contributed by atoms with Crippen molar-refractivity contribution in [3.63, 3.8) is 0 Å². The van der Waals surface area contributed by atoms with Crippen molar-refractivity contribution < 1.29 is 5.11 Å². The molecule has 2 aromatic carbocycles. The summed E-state index contributed by atoms with van der Waals surface area (Å²) >= 11 is 0. The molecular formula is C30H34N4O. The Bertz CT molecular complexity index is 1430. The van der Waals surface area contributed by atoms with Crippen molar-refractivity contribution in [3.8, 4) is 5.75 Å². The molecule has 1 saturated heterocycles. The Morgan fingerprint density at radius 1 is 1.00 bits per heavy atom. The van der Waals surface area contributed by atoms with Gasteiger partial charge in [-0.3, -0.25) is 9.80 Å². The van der Waals surface area contributed by atoms with Gasteiger partial charge in [0.1, 0.15) is 5.75 Å². The average molecular weight is 467 g/mol. The van der Waals surface area contributed by atoms with E-state index in [-0.39, 0.29) is 0 Å². The highest BCUT2D eigenvalue weighted by molar-refractivity contribution is 5.86. The zero-order chi connectivity index (χ0) is 23.7. The first-order valence-electron chi connectivity index (χ1n) is 13.1. The fourth-order valence-electron chi connectivity index (χ4n) is 7.34. The summed E-state index contributed by atoms with van der Waals surface area (Å²) in [5, 5.41) is 12.7. The van der Waals surface area contributed by atoms with Gasteiger partial charge in [-0.15, -0.1) is 6.58 Å². The number of hydrogen-bond donors (Lipinski definition) is 3. The summed E-state index contributed by atoms with van der Waals surface area (Å²) in [4.78, 5) is 12.7. The lowest BCUT2D eigenvalue weighted by Crippen LogP contribution is -2.46. The minimum atomic E-state index is 0.329. The molecule has 0 aliphatic carbocycles. The van der Waals surface area contributed by atoms with Crippen molar-refractivity contribution in [3.05, 3.63) is 77.6 Å². The number of nitrogens with zero attached hydrogens (tertiary/aromatic N) is 2. The number of phenols is 1. The van der Waals surface area contributed by atoms with Crippen LogP contribution >= 0.6 is 0 Å². The molecule has 3 N–H and O–H groups in total. The lowest BCUT2D eigenvalue weighted by Gasteiger charge is -2.47. The van der Waals surface area contributed by atoms with Crippen LogP contribution in [0.4, 0.5) is 0 Å². The molecule has 180 valence electrons. The number of piperidine rings is 1. The largest absolute Gasteiger partial charge is 0.508 e. The molecule has 0 saturated carbocycles. The van der Waals surface area contributed by atoms with Crippen LogP contribution in [0, 0.1) is 11.8 Å². The second-order valence-corrected chi connectivity index (χ2v) is 10.9. The Balaban J connectivity index is 1.23. The van der Waals surface area contributed by atoms with Crippen LogP contribution in [0.3, 0.4) is 0 Å². The molecule has 0 unspecified atom stereocenters. The molecule has 3 aliphatic heterocycles. The van der Waals surface area contributed by atoms with E-state index in [2.05, 4.69) is 69.8 Å². The van der Waals surface area contributed by atoms with Crippen LogP contribution in [0.2, 0.25) is 0 Å². The van der Waals surface area contributed by atoms with E-state index in [1.165, 1.54) is 38.8 Å². The van der Waals surface area contributed by atoms with Crippen molar-refractivity contribution in [1.29, 1.82) is 0 Å². The number of para-hydroxylation sites is 1. The lowest BCUT2D eigenvalue weighted by molar-refractivity contribution is 0.0515. The molecule has 5 nitrogen and oxygen atoms in total. The molecule has 5 heteroatoms. The fourth-order valence-corrected chi connectivity index (χ4v) is 7.34. The Morgan fingerprint density at radius 3 is 2.66 bits per heavy atom. The number of benzene rings is 2. The minimum absolute atomic E-state index is 0.329. The molecule has 3 aliphatic rings. The van der Waals surface area contributed by atoms with E-state index >= 15 is 0 Å². The van der Waals surface area contributed by atoms with E-state index < -0.39 is 0 Å². The summed E-state index contributed by atoms with van der Waals surface area (Å²) in [6, 6.07) is 15.4. The van der Waals surface area contributed by atoms with Gasteiger partial charge in [-0.2, -0.15) is 0 Å². The van der Waals surface area contributed by atoms with Crippen LogP contribution in [0.15, 0.2) is 55.1 Å². The molecule has 1 fully saturated rings. The van der Waals surface area contributed by atoms with Gasteiger partial charge in [0.2, 0.25) is 0 Å². The Labute approximate surface area is 206 Å². The van der Waals surface area contributed by atoms with Gasteiger partial charge >= 0.3 is 0 Å². The molecule has 4 atom stereocenters. The van der Waals surface area contributed by atoms with Crippen molar-refractivity contribution >= 4 is 21.8 Å². The Hall–Kier alpha value is -3.02. The molecule has 0 spiro atoms. The first kappa shape index (κ1) is 21.3. The predicted octanol–water partition coefficient (Wildman–Crippen LogP) is 5.70. The number of likely N-dealkylation sites (N-methyl/N-ethyl adjacent to an activating group) is 1. The molecule has 0 radical (unpaired) electrons. The molecular weight excluding hydrogens is 432 g/mol. The molecule has 7 rings (SSSR count). The topological polar surface area (TPSA) is 58.3 Å².